The van der Waals surface area contributed by atoms with Crippen LogP contribution in [0.1, 0.15) is 13.3 Å². The van der Waals surface area contributed by atoms with Crippen molar-refractivity contribution in [3.8, 4) is 0 Å². The lowest BCUT2D eigenvalue weighted by Crippen LogP contribution is -2.63. The smallest absolute Gasteiger partial charge is 0.171 e. The van der Waals surface area contributed by atoms with E-state index < -0.39 is 12.1 Å². The van der Waals surface area contributed by atoms with Crippen LogP contribution >= 0.6 is 0 Å². The van der Waals surface area contributed by atoms with Crippen LogP contribution in [0, 0.1) is 23.7 Å². The SMILES string of the molecule is CC1C2CC1C2C(F)(F)F. The number of rotatable bonds is 0. The van der Waals surface area contributed by atoms with Gasteiger partial charge in [0.05, 0.1) is 5.92 Å². The molecular weight excluding hydrogens is 141 g/mol. The predicted molar refractivity (Wildman–Crippen MR) is 30.3 cm³/mol. The standard InChI is InChI=1S/C7H9F3/c1-3-4-2-5(3)6(4)7(8,9)10/h3-6H,2H2,1H3. The van der Waals surface area contributed by atoms with Gasteiger partial charge in [-0.1, -0.05) is 6.92 Å². The van der Waals surface area contributed by atoms with Crippen molar-refractivity contribution in [2.75, 3.05) is 0 Å². The number of hydrogen-bond donors (Lipinski definition) is 0. The van der Waals surface area contributed by atoms with Crippen molar-refractivity contribution in [1.82, 2.24) is 0 Å². The van der Waals surface area contributed by atoms with E-state index in [2.05, 4.69) is 0 Å². The minimum atomic E-state index is -3.90. The third kappa shape index (κ3) is 0.540. The summed E-state index contributed by atoms with van der Waals surface area (Å²) in [5.41, 5.74) is 0. The van der Waals surface area contributed by atoms with Gasteiger partial charge in [-0.05, 0) is 24.2 Å². The van der Waals surface area contributed by atoms with E-state index in [0.29, 0.717) is 5.92 Å². The second-order valence-electron chi connectivity index (χ2n) is 3.49. The predicted octanol–water partition coefficient (Wildman–Crippen LogP) is 2.45. The van der Waals surface area contributed by atoms with Gasteiger partial charge in [-0.3, -0.25) is 0 Å². The monoisotopic (exact) mass is 150 g/mol. The van der Waals surface area contributed by atoms with Crippen molar-refractivity contribution < 1.29 is 13.2 Å². The van der Waals surface area contributed by atoms with Crippen LogP contribution in [0.3, 0.4) is 0 Å². The summed E-state index contributed by atoms with van der Waals surface area (Å²) in [5, 5.41) is 0. The van der Waals surface area contributed by atoms with Crippen molar-refractivity contribution in [2.24, 2.45) is 23.7 Å². The van der Waals surface area contributed by atoms with Gasteiger partial charge < -0.3 is 0 Å². The summed E-state index contributed by atoms with van der Waals surface area (Å²) in [7, 11) is 0. The third-order valence-corrected chi connectivity index (χ3v) is 3.20. The Morgan fingerprint density at radius 3 is 1.80 bits per heavy atom. The van der Waals surface area contributed by atoms with Crippen LogP contribution in [0.4, 0.5) is 13.2 Å². The van der Waals surface area contributed by atoms with E-state index in [0.717, 1.165) is 6.42 Å². The average molecular weight is 150 g/mol. The fraction of sp³-hybridized carbons (Fsp3) is 1.00. The summed E-state index contributed by atoms with van der Waals surface area (Å²) in [6.45, 7) is 1.92. The number of halogens is 3. The van der Waals surface area contributed by atoms with Crippen LogP contribution in [0.25, 0.3) is 0 Å². The molecule has 3 heteroatoms. The molecule has 0 nitrogen and oxygen atoms in total. The van der Waals surface area contributed by atoms with E-state index in [-0.39, 0.29) is 11.8 Å². The lowest BCUT2D eigenvalue weighted by atomic mass is 9.41. The maximum atomic E-state index is 12.0. The molecular formula is C7H9F3. The van der Waals surface area contributed by atoms with Crippen LogP contribution < -0.4 is 0 Å². The molecule has 0 spiro atoms. The first kappa shape index (κ1) is 6.50. The molecule has 0 aliphatic heterocycles. The fourth-order valence-corrected chi connectivity index (χ4v) is 2.27. The molecule has 3 rings (SSSR count). The van der Waals surface area contributed by atoms with E-state index >= 15 is 0 Å². The van der Waals surface area contributed by atoms with Crippen LogP contribution in [0.2, 0.25) is 0 Å². The molecule has 3 aliphatic carbocycles. The maximum Gasteiger partial charge on any atom is 0.392 e. The maximum absolute atomic E-state index is 12.0. The highest BCUT2D eigenvalue weighted by Crippen LogP contribution is 2.67. The summed E-state index contributed by atoms with van der Waals surface area (Å²) < 4.78 is 35.9. The Hall–Kier alpha value is -0.210. The molecule has 0 N–H and O–H groups in total. The zero-order chi connectivity index (χ0) is 7.52. The van der Waals surface area contributed by atoms with Gasteiger partial charge in [-0.2, -0.15) is 13.2 Å². The largest absolute Gasteiger partial charge is 0.392 e. The molecule has 0 aromatic rings. The van der Waals surface area contributed by atoms with Gasteiger partial charge in [0.15, 0.2) is 0 Å². The number of hydrogen-bond acceptors (Lipinski definition) is 0. The molecule has 3 fully saturated rings. The van der Waals surface area contributed by atoms with Crippen LogP contribution in [-0.2, 0) is 0 Å². The molecule has 10 heavy (non-hydrogen) atoms. The van der Waals surface area contributed by atoms with E-state index in [1.54, 1.807) is 0 Å². The van der Waals surface area contributed by atoms with E-state index in [1.165, 1.54) is 0 Å². The highest BCUT2D eigenvalue weighted by atomic mass is 19.4. The molecule has 0 saturated heterocycles. The molecule has 0 aromatic carbocycles. The highest BCUT2D eigenvalue weighted by Gasteiger charge is 2.68. The van der Waals surface area contributed by atoms with Gasteiger partial charge in [-0.15, -0.1) is 0 Å². The molecule has 0 radical (unpaired) electrons. The fourth-order valence-electron chi connectivity index (χ4n) is 2.27. The molecule has 58 valence electrons. The molecule has 2 unspecified atom stereocenters. The topological polar surface area (TPSA) is 0 Å². The van der Waals surface area contributed by atoms with Gasteiger partial charge in [-0.25, -0.2) is 0 Å². The molecule has 0 aromatic heterocycles. The van der Waals surface area contributed by atoms with Gasteiger partial charge in [0.25, 0.3) is 0 Å². The summed E-state index contributed by atoms with van der Waals surface area (Å²) >= 11 is 0. The number of alkyl halides is 3. The Morgan fingerprint density at radius 2 is 1.70 bits per heavy atom. The first-order valence-electron chi connectivity index (χ1n) is 3.58. The Kier molecular flexibility index (Phi) is 0.982. The second-order valence-corrected chi connectivity index (χ2v) is 3.49. The Balaban J connectivity index is 2.02. The Bertz CT molecular complexity index is 151. The van der Waals surface area contributed by atoms with Crippen molar-refractivity contribution in [1.29, 1.82) is 0 Å². The van der Waals surface area contributed by atoms with Crippen LogP contribution in [0.15, 0.2) is 0 Å². The Morgan fingerprint density at radius 1 is 1.20 bits per heavy atom. The van der Waals surface area contributed by atoms with Gasteiger partial charge in [0.2, 0.25) is 0 Å². The summed E-state index contributed by atoms with van der Waals surface area (Å²) in [6.07, 6.45) is -3.08. The molecule has 0 heterocycles. The molecule has 2 atom stereocenters. The van der Waals surface area contributed by atoms with Crippen LogP contribution in [-0.4, -0.2) is 6.18 Å². The first-order chi connectivity index (χ1) is 4.52. The average Bonchev–Trinajstić information content (AvgIpc) is 1.55. The minimum absolute atomic E-state index is 0.0231. The van der Waals surface area contributed by atoms with Crippen LogP contribution in [0.5, 0.6) is 0 Å². The van der Waals surface area contributed by atoms with E-state index in [9.17, 15) is 13.2 Å². The van der Waals surface area contributed by atoms with Crippen molar-refractivity contribution in [2.45, 2.75) is 19.5 Å². The lowest BCUT2D eigenvalue weighted by molar-refractivity contribution is -0.310. The van der Waals surface area contributed by atoms with Gasteiger partial charge in [0, 0.05) is 0 Å². The minimum Gasteiger partial charge on any atom is -0.171 e. The zero-order valence-electron chi connectivity index (χ0n) is 5.65. The van der Waals surface area contributed by atoms with Crippen molar-refractivity contribution >= 4 is 0 Å². The summed E-state index contributed by atoms with van der Waals surface area (Å²) in [5.74, 6) is -0.621. The van der Waals surface area contributed by atoms with E-state index in [1.807, 2.05) is 6.92 Å². The lowest BCUT2D eigenvalue weighted by Gasteiger charge is -2.63. The summed E-state index contributed by atoms with van der Waals surface area (Å²) in [6, 6.07) is 0. The third-order valence-electron chi connectivity index (χ3n) is 3.20. The quantitative estimate of drug-likeness (QED) is 0.497. The molecule has 3 saturated carbocycles. The Labute approximate surface area is 57.4 Å². The first-order valence-corrected chi connectivity index (χ1v) is 3.58. The van der Waals surface area contributed by atoms with Crippen molar-refractivity contribution in [3.05, 3.63) is 0 Å². The zero-order valence-corrected chi connectivity index (χ0v) is 5.65. The molecule has 3 aliphatic rings. The van der Waals surface area contributed by atoms with Gasteiger partial charge in [0.1, 0.15) is 0 Å². The van der Waals surface area contributed by atoms with Gasteiger partial charge >= 0.3 is 6.18 Å². The second kappa shape index (κ2) is 1.51. The normalized spacial score (nSPS) is 51.6. The molecule has 2 bridgehead atoms. The molecule has 0 amide bonds. The van der Waals surface area contributed by atoms with Crippen molar-refractivity contribution in [3.63, 3.8) is 0 Å². The summed E-state index contributed by atoms with van der Waals surface area (Å²) in [4.78, 5) is 0. The van der Waals surface area contributed by atoms with E-state index in [4.69, 9.17) is 0 Å². The highest BCUT2D eigenvalue weighted by molar-refractivity contribution is 5.09.